The molecule has 0 heterocycles. The molecule has 66 valence electrons. The molecule has 0 aromatic carbocycles. The third-order valence-corrected chi connectivity index (χ3v) is 0.707. The van der Waals surface area contributed by atoms with E-state index in [0.29, 0.717) is 0 Å². The molecule has 10 heavy (non-hydrogen) atoms. The number of hydrogen-bond donors (Lipinski definition) is 0. The van der Waals surface area contributed by atoms with Gasteiger partial charge in [-0.25, -0.2) is 0 Å². The van der Waals surface area contributed by atoms with E-state index >= 15 is 0 Å². The minimum Gasteiger partial charge on any atom is -0.412 e. The summed E-state index contributed by atoms with van der Waals surface area (Å²) in [4.78, 5) is 2.00. The molecule has 2 nitrogen and oxygen atoms in total. The molecule has 0 spiro atoms. The maximum atomic E-state index is 2.21. The molecule has 2 N–H and O–H groups in total. The van der Waals surface area contributed by atoms with Crippen molar-refractivity contribution in [3.05, 3.63) is 0 Å². The molecule has 0 atom stereocenters. The largest absolute Gasteiger partial charge is 0.412 e. The lowest BCUT2D eigenvalue weighted by Crippen LogP contribution is -1.99. The highest BCUT2D eigenvalue weighted by molar-refractivity contribution is 4.24. The summed E-state index contributed by atoms with van der Waals surface area (Å²) >= 11 is 0. The Kier molecular flexibility index (Phi) is 26.3. The lowest BCUT2D eigenvalue weighted by Gasteiger charge is -1.90. The van der Waals surface area contributed by atoms with Crippen LogP contribution in [0.25, 0.3) is 0 Å². The Bertz CT molecular complexity index is 33.5. The summed E-state index contributed by atoms with van der Waals surface area (Å²) in [7, 11) is 6.00. The van der Waals surface area contributed by atoms with Gasteiger partial charge < -0.3 is 10.4 Å². The second-order valence-electron chi connectivity index (χ2n) is 2.70. The van der Waals surface area contributed by atoms with Crippen molar-refractivity contribution in [1.82, 2.24) is 4.90 Å². The van der Waals surface area contributed by atoms with Gasteiger partial charge in [0.1, 0.15) is 0 Å². The van der Waals surface area contributed by atoms with E-state index in [9.17, 15) is 0 Å². The normalized spacial score (nSPS) is 7.80. The summed E-state index contributed by atoms with van der Waals surface area (Å²) < 4.78 is 0. The fourth-order valence-electron chi connectivity index (χ4n) is 0.354. The van der Waals surface area contributed by atoms with E-state index in [4.69, 9.17) is 0 Å². The van der Waals surface area contributed by atoms with E-state index in [0.717, 1.165) is 0 Å². The molecular weight excluding hydrogens is 126 g/mol. The zero-order valence-corrected chi connectivity index (χ0v) is 8.07. The molecule has 0 fully saturated rings. The lowest BCUT2D eigenvalue weighted by molar-refractivity contribution is 0.505. The van der Waals surface area contributed by atoms with Crippen LogP contribution in [-0.2, 0) is 0 Å². The molecule has 0 rings (SSSR count). The van der Waals surface area contributed by atoms with Crippen molar-refractivity contribution in [2.24, 2.45) is 0 Å². The van der Waals surface area contributed by atoms with E-state index in [1.54, 1.807) is 0 Å². The fraction of sp³-hybridized carbons (Fsp3) is 1.00. The van der Waals surface area contributed by atoms with E-state index in [-0.39, 0.29) is 5.48 Å². The molecule has 0 aromatic rings. The van der Waals surface area contributed by atoms with Gasteiger partial charge in [-0.2, -0.15) is 0 Å². The van der Waals surface area contributed by atoms with Gasteiger partial charge in [-0.05, 0) is 21.1 Å². The van der Waals surface area contributed by atoms with Crippen LogP contribution < -0.4 is 0 Å². The molecule has 0 bridgehead atoms. The highest BCUT2D eigenvalue weighted by Crippen LogP contribution is 1.88. The first kappa shape index (κ1) is 16.5. The van der Waals surface area contributed by atoms with Crippen LogP contribution >= 0.6 is 0 Å². The molecule has 0 aliphatic carbocycles. The molecule has 0 aromatic heterocycles. The first-order valence-corrected chi connectivity index (χ1v) is 3.76. The summed E-state index contributed by atoms with van der Waals surface area (Å²) in [5.41, 5.74) is 0. The van der Waals surface area contributed by atoms with Gasteiger partial charge >= 0.3 is 0 Å². The van der Waals surface area contributed by atoms with Crippen LogP contribution in [0.3, 0.4) is 0 Å². The first-order valence-electron chi connectivity index (χ1n) is 3.76. The third kappa shape index (κ3) is 103. The molecule has 0 unspecified atom stereocenters. The van der Waals surface area contributed by atoms with E-state index in [1.165, 1.54) is 19.3 Å². The van der Waals surface area contributed by atoms with Crippen LogP contribution in [0.15, 0.2) is 0 Å². The predicted molar refractivity (Wildman–Crippen MR) is 48.4 cm³/mol. The van der Waals surface area contributed by atoms with Gasteiger partial charge in [-0.1, -0.05) is 33.1 Å². The quantitative estimate of drug-likeness (QED) is 0.586. The predicted octanol–water partition coefficient (Wildman–Crippen LogP) is 1.55. The van der Waals surface area contributed by atoms with Crippen LogP contribution in [0, 0.1) is 0 Å². The Labute approximate surface area is 65.5 Å². The highest BCUT2D eigenvalue weighted by atomic mass is 16.0. The fourth-order valence-corrected chi connectivity index (χ4v) is 0.354. The van der Waals surface area contributed by atoms with Crippen LogP contribution in [0.5, 0.6) is 0 Å². The van der Waals surface area contributed by atoms with Crippen molar-refractivity contribution >= 4 is 0 Å². The molecule has 0 amide bonds. The van der Waals surface area contributed by atoms with Crippen molar-refractivity contribution in [3.63, 3.8) is 0 Å². The average molecular weight is 149 g/mol. The zero-order valence-electron chi connectivity index (χ0n) is 8.07. The minimum atomic E-state index is 0. The van der Waals surface area contributed by atoms with Gasteiger partial charge in [0.05, 0.1) is 0 Å². The standard InChI is InChI=1S/C5H12.C3H9N.H2O/c1-3-5-4-2;1-4(2)3;/h3-5H2,1-2H3;1-3H3;1H2. The SMILES string of the molecule is CCCCC.CN(C)C.O. The molecule has 0 aliphatic rings. The van der Waals surface area contributed by atoms with Gasteiger partial charge in [-0.15, -0.1) is 0 Å². The molecule has 2 heteroatoms. The Hall–Kier alpha value is -0.0800. The molecule has 0 saturated heterocycles. The maximum Gasteiger partial charge on any atom is -0.0140 e. The highest BCUT2D eigenvalue weighted by Gasteiger charge is 1.68. The smallest absolute Gasteiger partial charge is 0.0140 e. The number of hydrogen-bond acceptors (Lipinski definition) is 1. The van der Waals surface area contributed by atoms with Crippen LogP contribution in [0.1, 0.15) is 33.1 Å². The molecule has 0 aliphatic heterocycles. The Morgan fingerprint density at radius 1 is 0.900 bits per heavy atom. The summed E-state index contributed by atoms with van der Waals surface area (Å²) in [5, 5.41) is 0. The Morgan fingerprint density at radius 2 is 1.10 bits per heavy atom. The van der Waals surface area contributed by atoms with Gasteiger partial charge in [0.15, 0.2) is 0 Å². The number of unbranched alkanes of at least 4 members (excludes halogenated alkanes) is 2. The van der Waals surface area contributed by atoms with E-state index < -0.39 is 0 Å². The molecule has 0 saturated carbocycles. The van der Waals surface area contributed by atoms with Gasteiger partial charge in [-0.3, -0.25) is 0 Å². The minimum absolute atomic E-state index is 0. The second kappa shape index (κ2) is 16.0. The summed E-state index contributed by atoms with van der Waals surface area (Å²) in [6, 6.07) is 0. The van der Waals surface area contributed by atoms with Crippen molar-refractivity contribution in [3.8, 4) is 0 Å². The van der Waals surface area contributed by atoms with Crippen molar-refractivity contribution in [2.45, 2.75) is 33.1 Å². The van der Waals surface area contributed by atoms with Crippen molar-refractivity contribution < 1.29 is 5.48 Å². The van der Waals surface area contributed by atoms with Crippen LogP contribution in [0.2, 0.25) is 0 Å². The Balaban J connectivity index is -0.0000000910. The first-order chi connectivity index (χ1) is 4.15. The summed E-state index contributed by atoms with van der Waals surface area (Å²) in [5.74, 6) is 0. The number of nitrogens with zero attached hydrogens (tertiary/aromatic N) is 1. The molecular formula is C8H23NO. The van der Waals surface area contributed by atoms with Crippen LogP contribution in [-0.4, -0.2) is 31.5 Å². The Morgan fingerprint density at radius 3 is 1.10 bits per heavy atom. The summed E-state index contributed by atoms with van der Waals surface area (Å²) in [6.45, 7) is 4.42. The van der Waals surface area contributed by atoms with E-state index in [2.05, 4.69) is 13.8 Å². The van der Waals surface area contributed by atoms with Crippen molar-refractivity contribution in [1.29, 1.82) is 0 Å². The maximum absolute atomic E-state index is 2.21. The monoisotopic (exact) mass is 149 g/mol. The zero-order chi connectivity index (χ0) is 7.70. The van der Waals surface area contributed by atoms with E-state index in [1.807, 2.05) is 26.0 Å². The summed E-state index contributed by atoms with van der Waals surface area (Å²) in [6.07, 6.45) is 4.08. The van der Waals surface area contributed by atoms with Crippen LogP contribution in [0.4, 0.5) is 0 Å². The molecule has 0 radical (unpaired) electrons. The second-order valence-corrected chi connectivity index (χ2v) is 2.70. The van der Waals surface area contributed by atoms with Crippen molar-refractivity contribution in [2.75, 3.05) is 21.1 Å². The van der Waals surface area contributed by atoms with Gasteiger partial charge in [0.2, 0.25) is 0 Å². The number of rotatable bonds is 2. The topological polar surface area (TPSA) is 34.7 Å². The lowest BCUT2D eigenvalue weighted by atomic mass is 10.3. The van der Waals surface area contributed by atoms with Gasteiger partial charge in [0.25, 0.3) is 0 Å². The van der Waals surface area contributed by atoms with Gasteiger partial charge in [0, 0.05) is 0 Å². The average Bonchev–Trinajstić information content (AvgIpc) is 1.66. The third-order valence-electron chi connectivity index (χ3n) is 0.707.